The molecule has 152 valence electrons. The predicted octanol–water partition coefficient (Wildman–Crippen LogP) is 4.95. The number of hydrogen-bond acceptors (Lipinski definition) is 6. The summed E-state index contributed by atoms with van der Waals surface area (Å²) in [7, 11) is 0. The summed E-state index contributed by atoms with van der Waals surface area (Å²) in [6.07, 6.45) is 0. The highest BCUT2D eigenvalue weighted by Crippen LogP contribution is 2.22. The number of benzene rings is 2. The van der Waals surface area contributed by atoms with Crippen molar-refractivity contribution >= 4 is 23.4 Å². The average Bonchev–Trinajstić information content (AvgIpc) is 3.16. The van der Waals surface area contributed by atoms with Gasteiger partial charge in [-0.2, -0.15) is 0 Å². The third kappa shape index (κ3) is 5.80. The van der Waals surface area contributed by atoms with Crippen molar-refractivity contribution in [3.05, 3.63) is 65.3 Å². The maximum atomic E-state index is 13.5. The van der Waals surface area contributed by atoms with E-state index in [1.807, 2.05) is 24.3 Å². The highest BCUT2D eigenvalue weighted by Gasteiger charge is 2.12. The number of thioether (sulfide) groups is 1. The number of carbonyl (C=O) groups excluding carboxylic acids is 1. The first-order valence-corrected chi connectivity index (χ1v) is 10.1. The smallest absolute Gasteiger partial charge is 0.277 e. The van der Waals surface area contributed by atoms with Gasteiger partial charge in [-0.15, -0.1) is 10.2 Å². The molecule has 0 unspecified atom stereocenters. The molecule has 0 bridgehead atoms. The predicted molar refractivity (Wildman–Crippen MR) is 110 cm³/mol. The van der Waals surface area contributed by atoms with Gasteiger partial charge in [0, 0.05) is 11.3 Å². The minimum absolute atomic E-state index is 0.0646. The molecule has 0 aliphatic rings. The lowest BCUT2D eigenvalue weighted by atomic mass is 10.0. The lowest BCUT2D eigenvalue weighted by Gasteiger charge is -2.08. The monoisotopic (exact) mass is 415 g/mol. The number of anilines is 1. The Labute approximate surface area is 172 Å². The Morgan fingerprint density at radius 3 is 2.69 bits per heavy atom. The molecule has 0 fully saturated rings. The largest absolute Gasteiger partial charge is 0.484 e. The number of nitrogens with one attached hydrogen (secondary N) is 1. The zero-order valence-corrected chi connectivity index (χ0v) is 17.3. The molecule has 0 spiro atoms. The van der Waals surface area contributed by atoms with Crippen LogP contribution in [0.2, 0.25) is 0 Å². The Morgan fingerprint density at radius 1 is 1.21 bits per heavy atom. The molecule has 1 aromatic heterocycles. The Kier molecular flexibility index (Phi) is 6.87. The zero-order chi connectivity index (χ0) is 20.8. The van der Waals surface area contributed by atoms with E-state index in [0.717, 1.165) is 11.8 Å². The van der Waals surface area contributed by atoms with Crippen LogP contribution < -0.4 is 10.1 Å². The molecule has 0 saturated heterocycles. The minimum Gasteiger partial charge on any atom is -0.484 e. The van der Waals surface area contributed by atoms with Crippen LogP contribution in [0.15, 0.2) is 52.1 Å². The molecule has 29 heavy (non-hydrogen) atoms. The first kappa shape index (κ1) is 20.9. The molecule has 1 heterocycles. The van der Waals surface area contributed by atoms with Gasteiger partial charge in [-0.25, -0.2) is 4.39 Å². The van der Waals surface area contributed by atoms with Gasteiger partial charge >= 0.3 is 0 Å². The van der Waals surface area contributed by atoms with Crippen molar-refractivity contribution in [2.75, 3.05) is 11.1 Å². The number of halogens is 1. The maximum absolute atomic E-state index is 13.5. The van der Waals surface area contributed by atoms with E-state index in [1.165, 1.54) is 11.6 Å². The average molecular weight is 415 g/mol. The molecule has 3 rings (SSSR count). The quantitative estimate of drug-likeness (QED) is 0.525. The third-order valence-corrected chi connectivity index (χ3v) is 5.04. The van der Waals surface area contributed by atoms with Gasteiger partial charge in [-0.3, -0.25) is 4.79 Å². The van der Waals surface area contributed by atoms with E-state index < -0.39 is 0 Å². The topological polar surface area (TPSA) is 77.2 Å². The lowest BCUT2D eigenvalue weighted by molar-refractivity contribution is -0.113. The molecular formula is C21H22FN3O3S. The second-order valence-corrected chi connectivity index (χ2v) is 7.65. The van der Waals surface area contributed by atoms with Crippen LogP contribution in [-0.4, -0.2) is 21.9 Å². The van der Waals surface area contributed by atoms with E-state index in [0.29, 0.717) is 28.8 Å². The van der Waals surface area contributed by atoms with Gasteiger partial charge in [-0.05, 0) is 42.7 Å². The second-order valence-electron chi connectivity index (χ2n) is 6.72. The summed E-state index contributed by atoms with van der Waals surface area (Å²) in [5, 5.41) is 10.8. The number of aromatic nitrogens is 2. The summed E-state index contributed by atoms with van der Waals surface area (Å²) in [5.41, 5.74) is 2.07. The van der Waals surface area contributed by atoms with E-state index >= 15 is 0 Å². The number of amides is 1. The first-order valence-electron chi connectivity index (χ1n) is 9.15. The van der Waals surface area contributed by atoms with E-state index in [9.17, 15) is 9.18 Å². The van der Waals surface area contributed by atoms with Gasteiger partial charge in [0.1, 0.15) is 11.6 Å². The van der Waals surface area contributed by atoms with Crippen LogP contribution >= 0.6 is 11.8 Å². The standard InChI is InChI=1S/C21H22FN3O3S/c1-13(2)15-7-9-16(10-8-15)27-11-20-24-25-21(28-20)29-12-19(26)23-18-6-4-5-17(22)14(18)3/h4-10,13H,11-12H2,1-3H3,(H,23,26). The van der Waals surface area contributed by atoms with E-state index in [-0.39, 0.29) is 29.3 Å². The van der Waals surface area contributed by atoms with Crippen LogP contribution in [0.25, 0.3) is 0 Å². The van der Waals surface area contributed by atoms with Crippen molar-refractivity contribution in [3.8, 4) is 5.75 Å². The zero-order valence-electron chi connectivity index (χ0n) is 16.4. The highest BCUT2D eigenvalue weighted by molar-refractivity contribution is 7.99. The summed E-state index contributed by atoms with van der Waals surface area (Å²) >= 11 is 1.10. The number of hydrogen-bond donors (Lipinski definition) is 1. The van der Waals surface area contributed by atoms with Gasteiger partial charge in [0.25, 0.3) is 11.1 Å². The van der Waals surface area contributed by atoms with Crippen molar-refractivity contribution in [1.82, 2.24) is 10.2 Å². The van der Waals surface area contributed by atoms with E-state index in [4.69, 9.17) is 9.15 Å². The van der Waals surface area contributed by atoms with Gasteiger partial charge < -0.3 is 14.5 Å². The Morgan fingerprint density at radius 2 is 1.97 bits per heavy atom. The summed E-state index contributed by atoms with van der Waals surface area (Å²) in [6.45, 7) is 6.02. The Hall–Kier alpha value is -2.87. The van der Waals surface area contributed by atoms with Crippen LogP contribution in [0.3, 0.4) is 0 Å². The third-order valence-electron chi connectivity index (χ3n) is 4.23. The maximum Gasteiger partial charge on any atom is 0.277 e. The van der Waals surface area contributed by atoms with Crippen LogP contribution in [0.4, 0.5) is 10.1 Å². The SMILES string of the molecule is Cc1c(F)cccc1NC(=O)CSc1nnc(COc2ccc(C(C)C)cc2)o1. The molecule has 8 heteroatoms. The Balaban J connectivity index is 1.47. The molecule has 0 radical (unpaired) electrons. The normalized spacial score (nSPS) is 10.9. The molecule has 1 N–H and O–H groups in total. The lowest BCUT2D eigenvalue weighted by Crippen LogP contribution is -2.15. The van der Waals surface area contributed by atoms with E-state index in [2.05, 4.69) is 29.4 Å². The fraction of sp³-hybridized carbons (Fsp3) is 0.286. The molecule has 0 atom stereocenters. The molecular weight excluding hydrogens is 393 g/mol. The van der Waals surface area contributed by atoms with Gasteiger partial charge in [0.15, 0.2) is 6.61 Å². The summed E-state index contributed by atoms with van der Waals surface area (Å²) in [6, 6.07) is 12.4. The number of rotatable bonds is 8. The molecule has 0 aliphatic carbocycles. The van der Waals surface area contributed by atoms with Gasteiger partial charge in [-0.1, -0.05) is 43.8 Å². The molecule has 2 aromatic carbocycles. The highest BCUT2D eigenvalue weighted by atomic mass is 32.2. The number of carbonyl (C=O) groups is 1. The van der Waals surface area contributed by atoms with E-state index in [1.54, 1.807) is 19.1 Å². The molecule has 3 aromatic rings. The van der Waals surface area contributed by atoms with Crippen molar-refractivity contribution < 1.29 is 18.3 Å². The second kappa shape index (κ2) is 9.56. The first-order chi connectivity index (χ1) is 13.9. The fourth-order valence-electron chi connectivity index (χ4n) is 2.51. The van der Waals surface area contributed by atoms with Crippen LogP contribution in [-0.2, 0) is 11.4 Å². The van der Waals surface area contributed by atoms with Crippen molar-refractivity contribution in [1.29, 1.82) is 0 Å². The van der Waals surface area contributed by atoms with Crippen molar-refractivity contribution in [2.24, 2.45) is 0 Å². The molecule has 0 aliphatic heterocycles. The molecule has 1 amide bonds. The van der Waals surface area contributed by atoms with Crippen LogP contribution in [0, 0.1) is 12.7 Å². The molecule has 0 saturated carbocycles. The minimum atomic E-state index is -0.365. The fourth-order valence-corrected chi connectivity index (χ4v) is 3.09. The Bertz CT molecular complexity index is 974. The molecule has 6 nitrogen and oxygen atoms in total. The summed E-state index contributed by atoms with van der Waals surface area (Å²) in [5.74, 6) is 0.908. The van der Waals surface area contributed by atoms with Crippen molar-refractivity contribution in [3.63, 3.8) is 0 Å². The van der Waals surface area contributed by atoms with Crippen molar-refractivity contribution in [2.45, 2.75) is 38.5 Å². The van der Waals surface area contributed by atoms with Crippen LogP contribution in [0.5, 0.6) is 5.75 Å². The number of nitrogens with zero attached hydrogens (tertiary/aromatic N) is 2. The summed E-state index contributed by atoms with van der Waals surface area (Å²) in [4.78, 5) is 12.1. The number of ether oxygens (including phenoxy) is 1. The summed E-state index contributed by atoms with van der Waals surface area (Å²) < 4.78 is 24.7. The van der Waals surface area contributed by atoms with Gasteiger partial charge in [0.2, 0.25) is 5.91 Å². The van der Waals surface area contributed by atoms with Gasteiger partial charge in [0.05, 0.1) is 5.75 Å². The van der Waals surface area contributed by atoms with Crippen LogP contribution in [0.1, 0.15) is 36.8 Å².